The van der Waals surface area contributed by atoms with Gasteiger partial charge in [0.25, 0.3) is 0 Å². The quantitative estimate of drug-likeness (QED) is 0.863. The van der Waals surface area contributed by atoms with E-state index in [1.807, 2.05) is 11.3 Å². The van der Waals surface area contributed by atoms with Gasteiger partial charge in [-0.2, -0.15) is 0 Å². The molecule has 2 N–H and O–H groups in total. The van der Waals surface area contributed by atoms with Crippen molar-refractivity contribution in [2.45, 2.75) is 63.5 Å². The van der Waals surface area contributed by atoms with Crippen LogP contribution in [0.2, 0.25) is 0 Å². The highest BCUT2D eigenvalue weighted by atomic mass is 32.1. The van der Waals surface area contributed by atoms with E-state index in [4.69, 9.17) is 5.73 Å². The maximum atomic E-state index is 6.29. The van der Waals surface area contributed by atoms with Crippen molar-refractivity contribution in [2.24, 2.45) is 17.6 Å². The van der Waals surface area contributed by atoms with Crippen LogP contribution in [0.4, 0.5) is 0 Å². The van der Waals surface area contributed by atoms with E-state index in [2.05, 4.69) is 36.4 Å². The summed E-state index contributed by atoms with van der Waals surface area (Å²) in [6.07, 6.45) is 9.54. The third-order valence-electron chi connectivity index (χ3n) is 6.01. The van der Waals surface area contributed by atoms with Crippen molar-refractivity contribution in [3.8, 4) is 0 Å². The van der Waals surface area contributed by atoms with Crippen molar-refractivity contribution in [1.82, 2.24) is 4.90 Å². The molecule has 3 atom stereocenters. The van der Waals surface area contributed by atoms with Gasteiger partial charge in [-0.3, -0.25) is 4.90 Å². The molecule has 0 spiro atoms. The minimum absolute atomic E-state index is 0.252. The van der Waals surface area contributed by atoms with E-state index < -0.39 is 0 Å². The summed E-state index contributed by atoms with van der Waals surface area (Å²) in [5, 5.41) is 2.19. The van der Waals surface area contributed by atoms with Crippen LogP contribution >= 0.6 is 11.3 Å². The highest BCUT2D eigenvalue weighted by Gasteiger charge is 2.44. The minimum atomic E-state index is 0.252. The predicted octanol–water partition coefficient (Wildman–Crippen LogP) is 3.91. The molecule has 118 valence electrons. The van der Waals surface area contributed by atoms with E-state index in [-0.39, 0.29) is 5.54 Å². The Morgan fingerprint density at radius 1 is 1.38 bits per heavy atom. The largest absolute Gasteiger partial charge is 0.329 e. The molecule has 0 radical (unpaired) electrons. The molecule has 3 unspecified atom stereocenters. The summed E-state index contributed by atoms with van der Waals surface area (Å²) in [4.78, 5) is 4.12. The predicted molar refractivity (Wildman–Crippen MR) is 91.7 cm³/mol. The lowest BCUT2D eigenvalue weighted by atomic mass is 9.72. The van der Waals surface area contributed by atoms with E-state index in [0.717, 1.165) is 24.8 Å². The lowest BCUT2D eigenvalue weighted by Gasteiger charge is -2.49. The van der Waals surface area contributed by atoms with Gasteiger partial charge in [-0.05, 0) is 69.4 Å². The SMILES string of the molecule is CC(Cc1cccs1)N(C)C1(CN)CCCC(C2CC2)C1. The van der Waals surface area contributed by atoms with Crippen LogP contribution < -0.4 is 5.73 Å². The monoisotopic (exact) mass is 306 g/mol. The minimum Gasteiger partial charge on any atom is -0.329 e. The molecule has 0 amide bonds. The summed E-state index contributed by atoms with van der Waals surface area (Å²) >= 11 is 1.88. The second kappa shape index (κ2) is 6.39. The van der Waals surface area contributed by atoms with Crippen molar-refractivity contribution in [1.29, 1.82) is 0 Å². The van der Waals surface area contributed by atoms with Crippen LogP contribution in [0.5, 0.6) is 0 Å². The molecule has 0 bridgehead atoms. The average Bonchev–Trinajstić information content (AvgIpc) is 3.25. The van der Waals surface area contributed by atoms with Crippen LogP contribution in [0.25, 0.3) is 0 Å². The zero-order chi connectivity index (χ0) is 14.9. The Balaban J connectivity index is 1.68. The molecule has 2 fully saturated rings. The first-order valence-corrected chi connectivity index (χ1v) is 9.48. The number of likely N-dealkylation sites (N-methyl/N-ethyl adjacent to an activating group) is 1. The second-order valence-corrected chi connectivity index (χ2v) is 8.40. The van der Waals surface area contributed by atoms with Crippen molar-refractivity contribution in [2.75, 3.05) is 13.6 Å². The van der Waals surface area contributed by atoms with Crippen molar-refractivity contribution in [3.63, 3.8) is 0 Å². The maximum absolute atomic E-state index is 6.29. The standard InChI is InChI=1S/C18H30N2S/c1-14(11-17-6-4-10-21-17)20(2)18(13-19)9-3-5-16(12-18)15-7-8-15/h4,6,10,14-16H,3,5,7-9,11-13,19H2,1-2H3. The van der Waals surface area contributed by atoms with Crippen LogP contribution in [0.3, 0.4) is 0 Å². The van der Waals surface area contributed by atoms with Gasteiger partial charge in [-0.15, -0.1) is 11.3 Å². The highest BCUT2D eigenvalue weighted by molar-refractivity contribution is 7.09. The van der Waals surface area contributed by atoms with Gasteiger partial charge in [-0.25, -0.2) is 0 Å². The molecular formula is C18H30N2S. The fourth-order valence-corrected chi connectivity index (χ4v) is 5.16. The Labute approximate surface area is 133 Å². The molecule has 3 rings (SSSR count). The van der Waals surface area contributed by atoms with E-state index in [1.54, 1.807) is 0 Å². The van der Waals surface area contributed by atoms with E-state index >= 15 is 0 Å². The zero-order valence-corrected chi connectivity index (χ0v) is 14.4. The third kappa shape index (κ3) is 3.35. The fourth-order valence-electron chi connectivity index (χ4n) is 4.33. The van der Waals surface area contributed by atoms with Crippen LogP contribution in [-0.4, -0.2) is 30.1 Å². The topological polar surface area (TPSA) is 29.3 Å². The van der Waals surface area contributed by atoms with Crippen LogP contribution in [0.1, 0.15) is 50.3 Å². The molecule has 2 aliphatic carbocycles. The molecule has 0 saturated heterocycles. The molecular weight excluding hydrogens is 276 g/mol. The van der Waals surface area contributed by atoms with Crippen LogP contribution in [0.15, 0.2) is 17.5 Å². The van der Waals surface area contributed by atoms with Gasteiger partial charge in [-0.1, -0.05) is 18.9 Å². The maximum Gasteiger partial charge on any atom is 0.0334 e. The van der Waals surface area contributed by atoms with Gasteiger partial charge in [0.15, 0.2) is 0 Å². The molecule has 1 aromatic heterocycles. The normalized spacial score (nSPS) is 31.5. The Bertz CT molecular complexity index is 440. The Morgan fingerprint density at radius 2 is 2.19 bits per heavy atom. The molecule has 2 aliphatic rings. The van der Waals surface area contributed by atoms with E-state index in [1.165, 1.54) is 43.4 Å². The first-order valence-electron chi connectivity index (χ1n) is 8.60. The number of nitrogens with two attached hydrogens (primary N) is 1. The summed E-state index contributed by atoms with van der Waals surface area (Å²) < 4.78 is 0. The van der Waals surface area contributed by atoms with Crippen molar-refractivity contribution < 1.29 is 0 Å². The number of hydrogen-bond acceptors (Lipinski definition) is 3. The average molecular weight is 307 g/mol. The molecule has 2 nitrogen and oxygen atoms in total. The summed E-state index contributed by atoms with van der Waals surface area (Å²) in [5.74, 6) is 1.97. The second-order valence-electron chi connectivity index (χ2n) is 7.37. The highest BCUT2D eigenvalue weighted by Crippen LogP contribution is 2.48. The molecule has 2 saturated carbocycles. The summed E-state index contributed by atoms with van der Waals surface area (Å²) in [5.41, 5.74) is 6.55. The molecule has 3 heteroatoms. The first-order chi connectivity index (χ1) is 10.1. The number of hydrogen-bond donors (Lipinski definition) is 1. The van der Waals surface area contributed by atoms with Gasteiger partial charge in [0.05, 0.1) is 0 Å². The number of nitrogens with zero attached hydrogens (tertiary/aromatic N) is 1. The van der Waals surface area contributed by atoms with Crippen LogP contribution in [0, 0.1) is 11.8 Å². The van der Waals surface area contributed by atoms with Gasteiger partial charge in [0.2, 0.25) is 0 Å². The van der Waals surface area contributed by atoms with E-state index in [9.17, 15) is 0 Å². The lowest BCUT2D eigenvalue weighted by molar-refractivity contribution is 0.0250. The summed E-state index contributed by atoms with van der Waals surface area (Å²) in [7, 11) is 2.32. The third-order valence-corrected chi connectivity index (χ3v) is 6.91. The Morgan fingerprint density at radius 3 is 2.81 bits per heavy atom. The summed E-state index contributed by atoms with van der Waals surface area (Å²) in [6.45, 7) is 3.19. The molecule has 0 aromatic carbocycles. The van der Waals surface area contributed by atoms with Gasteiger partial charge in [0.1, 0.15) is 0 Å². The van der Waals surface area contributed by atoms with Gasteiger partial charge in [0, 0.05) is 23.0 Å². The van der Waals surface area contributed by atoms with Gasteiger partial charge >= 0.3 is 0 Å². The Kier molecular flexibility index (Phi) is 4.72. The van der Waals surface area contributed by atoms with Crippen molar-refractivity contribution >= 4 is 11.3 Å². The first kappa shape index (κ1) is 15.5. The lowest BCUT2D eigenvalue weighted by Crippen LogP contribution is -2.58. The fraction of sp³-hybridized carbons (Fsp3) is 0.778. The smallest absolute Gasteiger partial charge is 0.0334 e. The number of rotatable bonds is 6. The number of thiophene rings is 1. The molecule has 1 aromatic rings. The molecule has 1 heterocycles. The van der Waals surface area contributed by atoms with Crippen molar-refractivity contribution in [3.05, 3.63) is 22.4 Å². The zero-order valence-electron chi connectivity index (χ0n) is 13.6. The molecule has 0 aliphatic heterocycles. The summed E-state index contributed by atoms with van der Waals surface area (Å²) in [6, 6.07) is 5.00. The molecule has 21 heavy (non-hydrogen) atoms. The van der Waals surface area contributed by atoms with E-state index in [0.29, 0.717) is 6.04 Å². The van der Waals surface area contributed by atoms with Crippen LogP contribution in [-0.2, 0) is 6.42 Å². The van der Waals surface area contributed by atoms with Gasteiger partial charge < -0.3 is 5.73 Å². The Hall–Kier alpha value is -0.380.